The standard InChI is InChI=1S/C19H25N3O2/c1-15-7-3-4-8-17(15)14-22(11-12-23)19(24)21-16(2)13-18-9-5-6-10-20-18/h3-10,16,23H,11-14H2,1-2H3,(H,21,24)/t16-/m1/s1. The van der Waals surface area contributed by atoms with Gasteiger partial charge in [0.2, 0.25) is 0 Å². The predicted molar refractivity (Wildman–Crippen MR) is 94.6 cm³/mol. The number of carbonyl (C=O) groups is 1. The molecule has 0 saturated carbocycles. The third kappa shape index (κ3) is 5.35. The molecule has 5 nitrogen and oxygen atoms in total. The van der Waals surface area contributed by atoms with Crippen LogP contribution in [0.2, 0.25) is 0 Å². The van der Waals surface area contributed by atoms with Crippen LogP contribution in [0.1, 0.15) is 23.7 Å². The van der Waals surface area contributed by atoms with Crippen LogP contribution >= 0.6 is 0 Å². The summed E-state index contributed by atoms with van der Waals surface area (Å²) in [5.74, 6) is 0. The maximum absolute atomic E-state index is 12.5. The zero-order valence-corrected chi connectivity index (χ0v) is 14.3. The van der Waals surface area contributed by atoms with Gasteiger partial charge in [-0.2, -0.15) is 0 Å². The van der Waals surface area contributed by atoms with Crippen LogP contribution in [0, 0.1) is 6.92 Å². The Morgan fingerprint density at radius 3 is 2.67 bits per heavy atom. The number of benzene rings is 1. The first kappa shape index (κ1) is 17.9. The number of rotatable bonds is 7. The maximum atomic E-state index is 12.5. The van der Waals surface area contributed by atoms with E-state index in [4.69, 9.17) is 0 Å². The minimum atomic E-state index is -0.171. The Hall–Kier alpha value is -2.40. The van der Waals surface area contributed by atoms with E-state index >= 15 is 0 Å². The van der Waals surface area contributed by atoms with Crippen LogP contribution in [0.15, 0.2) is 48.7 Å². The second kappa shape index (κ2) is 9.03. The van der Waals surface area contributed by atoms with Gasteiger partial charge in [0.05, 0.1) is 6.61 Å². The quantitative estimate of drug-likeness (QED) is 0.821. The molecule has 0 unspecified atom stereocenters. The molecule has 2 N–H and O–H groups in total. The third-order valence-electron chi connectivity index (χ3n) is 3.89. The maximum Gasteiger partial charge on any atom is 0.317 e. The van der Waals surface area contributed by atoms with Crippen LogP contribution in [0.25, 0.3) is 0 Å². The average Bonchev–Trinajstić information content (AvgIpc) is 2.57. The molecule has 0 aliphatic heterocycles. The number of pyridine rings is 1. The van der Waals surface area contributed by atoms with Gasteiger partial charge in [-0.15, -0.1) is 0 Å². The van der Waals surface area contributed by atoms with Gasteiger partial charge >= 0.3 is 6.03 Å². The van der Waals surface area contributed by atoms with Crippen LogP contribution in [0.3, 0.4) is 0 Å². The Bertz CT molecular complexity index is 646. The second-order valence-corrected chi connectivity index (χ2v) is 5.95. The van der Waals surface area contributed by atoms with Crippen molar-refractivity contribution >= 4 is 6.03 Å². The lowest BCUT2D eigenvalue weighted by atomic mass is 10.1. The Labute approximate surface area is 143 Å². The topological polar surface area (TPSA) is 65.5 Å². The van der Waals surface area contributed by atoms with Gasteiger partial charge in [0.15, 0.2) is 0 Å². The van der Waals surface area contributed by atoms with Crippen LogP contribution in [0.4, 0.5) is 4.79 Å². The van der Waals surface area contributed by atoms with Gasteiger partial charge in [0.25, 0.3) is 0 Å². The Morgan fingerprint density at radius 1 is 1.25 bits per heavy atom. The molecule has 0 saturated heterocycles. The molecule has 1 atom stereocenters. The first-order valence-electron chi connectivity index (χ1n) is 8.21. The number of nitrogens with one attached hydrogen (secondary N) is 1. The molecule has 0 spiro atoms. The smallest absolute Gasteiger partial charge is 0.317 e. The number of hydrogen-bond acceptors (Lipinski definition) is 3. The molecule has 2 amide bonds. The highest BCUT2D eigenvalue weighted by Gasteiger charge is 2.17. The van der Waals surface area contributed by atoms with Crippen molar-refractivity contribution < 1.29 is 9.90 Å². The van der Waals surface area contributed by atoms with E-state index in [2.05, 4.69) is 10.3 Å². The lowest BCUT2D eigenvalue weighted by Gasteiger charge is -2.25. The van der Waals surface area contributed by atoms with Crippen LogP contribution in [-0.4, -0.2) is 40.2 Å². The summed E-state index contributed by atoms with van der Waals surface area (Å²) in [5.41, 5.74) is 3.16. The van der Waals surface area contributed by atoms with Gasteiger partial charge in [-0.05, 0) is 37.1 Å². The molecule has 2 rings (SSSR count). The van der Waals surface area contributed by atoms with E-state index in [0.717, 1.165) is 16.8 Å². The number of aromatic nitrogens is 1. The molecule has 1 aromatic heterocycles. The molecule has 0 aliphatic rings. The number of carbonyl (C=O) groups excluding carboxylic acids is 1. The predicted octanol–water partition coefficient (Wildman–Crippen LogP) is 2.53. The van der Waals surface area contributed by atoms with Crippen molar-refractivity contribution in [1.29, 1.82) is 0 Å². The van der Waals surface area contributed by atoms with Crippen molar-refractivity contribution in [1.82, 2.24) is 15.2 Å². The van der Waals surface area contributed by atoms with Gasteiger partial charge in [-0.25, -0.2) is 4.79 Å². The summed E-state index contributed by atoms with van der Waals surface area (Å²) in [4.78, 5) is 18.5. The molecule has 0 bridgehead atoms. The molecular weight excluding hydrogens is 302 g/mol. The van der Waals surface area contributed by atoms with E-state index < -0.39 is 0 Å². The van der Waals surface area contributed by atoms with Crippen molar-refractivity contribution in [3.63, 3.8) is 0 Å². The van der Waals surface area contributed by atoms with Gasteiger partial charge < -0.3 is 15.3 Å². The third-order valence-corrected chi connectivity index (χ3v) is 3.89. The number of aliphatic hydroxyl groups excluding tert-OH is 1. The molecule has 2 aromatic rings. The molecule has 0 fully saturated rings. The van der Waals surface area contributed by atoms with Crippen LogP contribution < -0.4 is 5.32 Å². The summed E-state index contributed by atoms with van der Waals surface area (Å²) in [6.45, 7) is 4.70. The lowest BCUT2D eigenvalue weighted by molar-refractivity contribution is 0.171. The van der Waals surface area contributed by atoms with Crippen molar-refractivity contribution in [2.45, 2.75) is 32.9 Å². The molecule has 24 heavy (non-hydrogen) atoms. The lowest BCUT2D eigenvalue weighted by Crippen LogP contribution is -2.45. The largest absolute Gasteiger partial charge is 0.395 e. The van der Waals surface area contributed by atoms with E-state index in [9.17, 15) is 9.90 Å². The zero-order valence-electron chi connectivity index (χ0n) is 14.3. The van der Waals surface area contributed by atoms with Crippen molar-refractivity contribution in [2.75, 3.05) is 13.2 Å². The Balaban J connectivity index is 1.97. The van der Waals surface area contributed by atoms with Gasteiger partial charge in [0, 0.05) is 37.4 Å². The minimum absolute atomic E-state index is 0.0366. The number of hydrogen-bond donors (Lipinski definition) is 2. The fourth-order valence-corrected chi connectivity index (χ4v) is 2.55. The first-order valence-corrected chi connectivity index (χ1v) is 8.21. The second-order valence-electron chi connectivity index (χ2n) is 5.95. The summed E-state index contributed by atoms with van der Waals surface area (Å²) in [5, 5.41) is 12.3. The van der Waals surface area contributed by atoms with Gasteiger partial charge in [-0.1, -0.05) is 30.3 Å². The van der Waals surface area contributed by atoms with E-state index in [-0.39, 0.29) is 18.7 Å². The number of aryl methyl sites for hydroxylation is 1. The molecule has 1 aromatic carbocycles. The summed E-state index contributed by atoms with van der Waals surface area (Å²) >= 11 is 0. The fourth-order valence-electron chi connectivity index (χ4n) is 2.55. The van der Waals surface area contributed by atoms with Gasteiger partial charge in [-0.3, -0.25) is 4.98 Å². The number of amides is 2. The van der Waals surface area contributed by atoms with Crippen molar-refractivity contribution in [3.8, 4) is 0 Å². The number of aliphatic hydroxyl groups is 1. The van der Waals surface area contributed by atoms with Crippen molar-refractivity contribution in [3.05, 3.63) is 65.5 Å². The first-order chi connectivity index (χ1) is 11.6. The molecule has 0 radical (unpaired) electrons. The summed E-state index contributed by atoms with van der Waals surface area (Å²) in [6.07, 6.45) is 2.42. The number of nitrogens with zero attached hydrogens (tertiary/aromatic N) is 2. The zero-order chi connectivity index (χ0) is 17.4. The highest BCUT2D eigenvalue weighted by atomic mass is 16.3. The van der Waals surface area contributed by atoms with Crippen LogP contribution in [-0.2, 0) is 13.0 Å². The van der Waals surface area contributed by atoms with E-state index in [1.165, 1.54) is 0 Å². The van der Waals surface area contributed by atoms with Crippen molar-refractivity contribution in [2.24, 2.45) is 0 Å². The Morgan fingerprint density at radius 2 is 2.00 bits per heavy atom. The highest BCUT2D eigenvalue weighted by Crippen LogP contribution is 2.11. The number of urea groups is 1. The SMILES string of the molecule is Cc1ccccc1CN(CCO)C(=O)N[C@H](C)Cc1ccccn1. The van der Waals surface area contributed by atoms with E-state index in [1.54, 1.807) is 11.1 Å². The Kier molecular flexibility index (Phi) is 6.75. The summed E-state index contributed by atoms with van der Waals surface area (Å²) in [6, 6.07) is 13.5. The fraction of sp³-hybridized carbons (Fsp3) is 0.368. The monoisotopic (exact) mass is 327 g/mol. The average molecular weight is 327 g/mol. The minimum Gasteiger partial charge on any atom is -0.395 e. The normalized spacial score (nSPS) is 11.8. The van der Waals surface area contributed by atoms with E-state index in [0.29, 0.717) is 19.5 Å². The summed E-state index contributed by atoms with van der Waals surface area (Å²) < 4.78 is 0. The van der Waals surface area contributed by atoms with Crippen LogP contribution in [0.5, 0.6) is 0 Å². The van der Waals surface area contributed by atoms with E-state index in [1.807, 2.05) is 56.3 Å². The molecular formula is C19H25N3O2. The van der Waals surface area contributed by atoms with Gasteiger partial charge in [0.1, 0.15) is 0 Å². The summed E-state index contributed by atoms with van der Waals surface area (Å²) in [7, 11) is 0. The highest BCUT2D eigenvalue weighted by molar-refractivity contribution is 5.74. The molecule has 5 heteroatoms. The molecule has 0 aliphatic carbocycles. The molecule has 1 heterocycles. The molecule has 128 valence electrons.